The lowest BCUT2D eigenvalue weighted by Crippen LogP contribution is -2.34. The molecule has 1 aromatic rings. The second-order valence-corrected chi connectivity index (χ2v) is 7.24. The topological polar surface area (TPSA) is 57.2 Å². The van der Waals surface area contributed by atoms with Gasteiger partial charge in [0, 0.05) is 25.6 Å². The van der Waals surface area contributed by atoms with Crippen molar-refractivity contribution in [2.75, 3.05) is 33.7 Å². The van der Waals surface area contributed by atoms with E-state index in [0.29, 0.717) is 26.4 Å². The van der Waals surface area contributed by atoms with Crippen molar-refractivity contribution in [3.63, 3.8) is 0 Å². The van der Waals surface area contributed by atoms with Crippen LogP contribution in [0.5, 0.6) is 0 Å². The Morgan fingerprint density at radius 2 is 1.93 bits per heavy atom. The SMILES string of the molecule is C=C(C)[C@H]1CC[C@H]([C@@H](CCOCc2ccccc2)OCOCCOC)[C@H]1O. The molecular weight excluding hydrogens is 344 g/mol. The van der Waals surface area contributed by atoms with Gasteiger partial charge in [-0.25, -0.2) is 0 Å². The Kier molecular flexibility index (Phi) is 10.0. The number of benzene rings is 1. The van der Waals surface area contributed by atoms with E-state index in [9.17, 15) is 5.11 Å². The van der Waals surface area contributed by atoms with E-state index in [4.69, 9.17) is 18.9 Å². The Bertz CT molecular complexity index is 533. The molecule has 1 N–H and O–H groups in total. The third-order valence-corrected chi connectivity index (χ3v) is 5.23. The first-order chi connectivity index (χ1) is 13.1. The van der Waals surface area contributed by atoms with E-state index in [2.05, 4.69) is 18.7 Å². The van der Waals surface area contributed by atoms with Crippen LogP contribution in [0.1, 0.15) is 31.7 Å². The van der Waals surface area contributed by atoms with Gasteiger partial charge in [-0.2, -0.15) is 0 Å². The van der Waals surface area contributed by atoms with Gasteiger partial charge in [-0.05, 0) is 31.7 Å². The van der Waals surface area contributed by atoms with Gasteiger partial charge in [0.25, 0.3) is 0 Å². The first-order valence-electron chi connectivity index (χ1n) is 9.77. The molecule has 1 aliphatic rings. The molecule has 0 unspecified atom stereocenters. The van der Waals surface area contributed by atoms with Crippen molar-refractivity contribution < 1.29 is 24.1 Å². The fourth-order valence-electron chi connectivity index (χ4n) is 3.68. The summed E-state index contributed by atoms with van der Waals surface area (Å²) < 4.78 is 22.2. The summed E-state index contributed by atoms with van der Waals surface area (Å²) in [6.07, 6.45) is 2.10. The van der Waals surface area contributed by atoms with Crippen molar-refractivity contribution in [1.82, 2.24) is 0 Å². The Hall–Kier alpha value is -1.24. The van der Waals surface area contributed by atoms with Crippen LogP contribution in [0.25, 0.3) is 0 Å². The zero-order valence-corrected chi connectivity index (χ0v) is 16.6. The molecule has 0 aromatic heterocycles. The number of aliphatic hydroxyl groups excluding tert-OH is 1. The van der Waals surface area contributed by atoms with Crippen LogP contribution in [0.3, 0.4) is 0 Å². The summed E-state index contributed by atoms with van der Waals surface area (Å²) >= 11 is 0. The summed E-state index contributed by atoms with van der Waals surface area (Å²) in [5, 5.41) is 10.7. The molecule has 1 fully saturated rings. The van der Waals surface area contributed by atoms with Crippen LogP contribution in [0.2, 0.25) is 0 Å². The predicted molar refractivity (Wildman–Crippen MR) is 105 cm³/mol. The zero-order chi connectivity index (χ0) is 19.5. The zero-order valence-electron chi connectivity index (χ0n) is 16.6. The monoisotopic (exact) mass is 378 g/mol. The molecule has 27 heavy (non-hydrogen) atoms. The van der Waals surface area contributed by atoms with Gasteiger partial charge in [0.05, 0.1) is 32.0 Å². The van der Waals surface area contributed by atoms with Crippen molar-refractivity contribution in [2.45, 2.75) is 45.0 Å². The fourth-order valence-corrected chi connectivity index (χ4v) is 3.68. The molecule has 0 heterocycles. The van der Waals surface area contributed by atoms with E-state index in [0.717, 1.165) is 30.4 Å². The summed E-state index contributed by atoms with van der Waals surface area (Å²) in [7, 11) is 1.64. The molecule has 152 valence electrons. The molecule has 0 bridgehead atoms. The number of rotatable bonds is 13. The average molecular weight is 379 g/mol. The average Bonchev–Trinajstić information content (AvgIpc) is 3.05. The van der Waals surface area contributed by atoms with Gasteiger partial charge in [0.1, 0.15) is 6.79 Å². The van der Waals surface area contributed by atoms with E-state index in [1.807, 2.05) is 25.1 Å². The maximum absolute atomic E-state index is 10.7. The summed E-state index contributed by atoms with van der Waals surface area (Å²) in [6.45, 7) is 8.41. The Morgan fingerprint density at radius 1 is 1.15 bits per heavy atom. The van der Waals surface area contributed by atoms with Crippen molar-refractivity contribution in [2.24, 2.45) is 11.8 Å². The molecule has 5 heteroatoms. The van der Waals surface area contributed by atoms with E-state index in [1.54, 1.807) is 7.11 Å². The maximum atomic E-state index is 10.7. The quantitative estimate of drug-likeness (QED) is 0.323. The Balaban J connectivity index is 1.82. The fraction of sp³-hybridized carbons (Fsp3) is 0.636. The van der Waals surface area contributed by atoms with Crippen LogP contribution < -0.4 is 0 Å². The van der Waals surface area contributed by atoms with Crippen molar-refractivity contribution in [3.05, 3.63) is 48.0 Å². The highest BCUT2D eigenvalue weighted by Crippen LogP contribution is 2.38. The minimum absolute atomic E-state index is 0.0815. The van der Waals surface area contributed by atoms with Gasteiger partial charge in [-0.15, -0.1) is 0 Å². The smallest absolute Gasteiger partial charge is 0.147 e. The van der Waals surface area contributed by atoms with Crippen LogP contribution in [0.15, 0.2) is 42.5 Å². The van der Waals surface area contributed by atoms with Crippen LogP contribution in [-0.4, -0.2) is 51.0 Å². The summed E-state index contributed by atoms with van der Waals surface area (Å²) in [6, 6.07) is 10.1. The molecule has 5 nitrogen and oxygen atoms in total. The molecule has 1 aromatic carbocycles. The molecule has 1 aliphatic carbocycles. The van der Waals surface area contributed by atoms with Gasteiger partial charge in [-0.3, -0.25) is 0 Å². The van der Waals surface area contributed by atoms with Crippen molar-refractivity contribution >= 4 is 0 Å². The second kappa shape index (κ2) is 12.3. The number of methoxy groups -OCH3 is 1. The molecule has 0 radical (unpaired) electrons. The first-order valence-corrected chi connectivity index (χ1v) is 9.77. The molecule has 0 amide bonds. The van der Waals surface area contributed by atoms with Crippen LogP contribution >= 0.6 is 0 Å². The van der Waals surface area contributed by atoms with Gasteiger partial charge in [0.15, 0.2) is 0 Å². The summed E-state index contributed by atoms with van der Waals surface area (Å²) in [5.74, 6) is 0.235. The van der Waals surface area contributed by atoms with Crippen LogP contribution in [0, 0.1) is 11.8 Å². The van der Waals surface area contributed by atoms with Gasteiger partial charge in [-0.1, -0.05) is 42.5 Å². The number of ether oxygens (including phenoxy) is 4. The maximum Gasteiger partial charge on any atom is 0.147 e. The first kappa shape index (κ1) is 22.1. The van der Waals surface area contributed by atoms with Crippen molar-refractivity contribution in [3.8, 4) is 0 Å². The van der Waals surface area contributed by atoms with E-state index >= 15 is 0 Å². The highest BCUT2D eigenvalue weighted by atomic mass is 16.7. The van der Waals surface area contributed by atoms with Gasteiger partial charge < -0.3 is 24.1 Å². The van der Waals surface area contributed by atoms with E-state index in [-0.39, 0.29) is 24.7 Å². The third kappa shape index (κ3) is 7.35. The second-order valence-electron chi connectivity index (χ2n) is 7.24. The lowest BCUT2D eigenvalue weighted by Gasteiger charge is -2.28. The Morgan fingerprint density at radius 3 is 2.59 bits per heavy atom. The lowest BCUT2D eigenvalue weighted by molar-refractivity contribution is -0.131. The van der Waals surface area contributed by atoms with Crippen LogP contribution in [-0.2, 0) is 25.6 Å². The minimum Gasteiger partial charge on any atom is -0.392 e. The number of hydrogen-bond donors (Lipinski definition) is 1. The van der Waals surface area contributed by atoms with Gasteiger partial charge >= 0.3 is 0 Å². The molecule has 0 aliphatic heterocycles. The van der Waals surface area contributed by atoms with E-state index < -0.39 is 6.10 Å². The standard InChI is InChI=1S/C22H34O5/c1-17(2)19-9-10-20(22(19)23)21(27-16-26-14-13-24-3)11-12-25-15-18-7-5-4-6-8-18/h4-8,19-23H,1,9-16H2,2-3H3/t19-,20-,21-,22+/m1/s1. The molecular formula is C22H34O5. The summed E-state index contributed by atoms with van der Waals surface area (Å²) in [4.78, 5) is 0. The molecule has 1 saturated carbocycles. The van der Waals surface area contributed by atoms with Crippen molar-refractivity contribution in [1.29, 1.82) is 0 Å². The normalized spacial score (nSPS) is 23.4. The molecule has 0 saturated heterocycles. The third-order valence-electron chi connectivity index (χ3n) is 5.23. The van der Waals surface area contributed by atoms with E-state index in [1.165, 1.54) is 0 Å². The van der Waals surface area contributed by atoms with Gasteiger partial charge in [0.2, 0.25) is 0 Å². The number of hydrogen-bond acceptors (Lipinski definition) is 5. The van der Waals surface area contributed by atoms with Crippen LogP contribution in [0.4, 0.5) is 0 Å². The molecule has 0 spiro atoms. The highest BCUT2D eigenvalue weighted by molar-refractivity contribution is 5.13. The predicted octanol–water partition coefficient (Wildman–Crippen LogP) is 3.56. The molecule has 4 atom stereocenters. The lowest BCUT2D eigenvalue weighted by atomic mass is 9.91. The highest BCUT2D eigenvalue weighted by Gasteiger charge is 2.39. The Labute approximate surface area is 163 Å². The minimum atomic E-state index is -0.416. The molecule has 2 rings (SSSR count). The number of aliphatic hydroxyl groups is 1. The summed E-state index contributed by atoms with van der Waals surface area (Å²) in [5.41, 5.74) is 2.20. The largest absolute Gasteiger partial charge is 0.392 e.